The fraction of sp³-hybridized carbons (Fsp3) is 0.167. The van der Waals surface area contributed by atoms with Gasteiger partial charge in [0.15, 0.2) is 11.5 Å². The number of nitrogens with one attached hydrogen (secondary N) is 1. The Morgan fingerprint density at radius 1 is 1.19 bits per heavy atom. The maximum absolute atomic E-state index is 12.3. The van der Waals surface area contributed by atoms with Crippen LogP contribution in [0.3, 0.4) is 0 Å². The van der Waals surface area contributed by atoms with E-state index in [0.717, 1.165) is 5.56 Å². The minimum Gasteiger partial charge on any atom is -0.497 e. The molecule has 0 unspecified atom stereocenters. The number of rotatable bonds is 5. The minimum atomic E-state index is -0.274. The Labute approximate surface area is 148 Å². The molecule has 0 saturated heterocycles. The average molecular weight is 353 g/mol. The van der Waals surface area contributed by atoms with Crippen molar-refractivity contribution in [3.8, 4) is 28.6 Å². The van der Waals surface area contributed by atoms with Crippen molar-refractivity contribution in [1.82, 2.24) is 15.5 Å². The molecule has 0 spiro atoms. The number of hydrogen-bond donors (Lipinski definition) is 1. The number of hydrogen-bond acceptors (Lipinski definition) is 7. The third-order valence-electron chi connectivity index (χ3n) is 3.83. The molecule has 2 aromatic carbocycles. The van der Waals surface area contributed by atoms with Crippen LogP contribution in [0, 0.1) is 0 Å². The number of aromatic nitrogens is 2. The third kappa shape index (κ3) is 3.16. The molecule has 0 atom stereocenters. The highest BCUT2D eigenvalue weighted by atomic mass is 16.7. The highest BCUT2D eigenvalue weighted by molar-refractivity contribution is 5.94. The van der Waals surface area contributed by atoms with E-state index in [-0.39, 0.29) is 19.2 Å². The Morgan fingerprint density at radius 3 is 2.96 bits per heavy atom. The van der Waals surface area contributed by atoms with Crippen molar-refractivity contribution in [1.29, 1.82) is 0 Å². The van der Waals surface area contributed by atoms with Crippen LogP contribution in [-0.2, 0) is 6.54 Å². The van der Waals surface area contributed by atoms with Crippen LogP contribution < -0.4 is 19.5 Å². The maximum Gasteiger partial charge on any atom is 0.251 e. The summed E-state index contributed by atoms with van der Waals surface area (Å²) in [6.07, 6.45) is 0. The van der Waals surface area contributed by atoms with Gasteiger partial charge >= 0.3 is 0 Å². The molecule has 8 nitrogen and oxygen atoms in total. The Hall–Kier alpha value is -3.55. The number of carbonyl (C=O) groups is 1. The smallest absolute Gasteiger partial charge is 0.251 e. The first-order valence-electron chi connectivity index (χ1n) is 7.88. The molecule has 3 aromatic rings. The lowest BCUT2D eigenvalue weighted by molar-refractivity contribution is 0.0946. The van der Waals surface area contributed by atoms with Crippen LogP contribution in [-0.4, -0.2) is 30.0 Å². The molecule has 0 aliphatic carbocycles. The van der Waals surface area contributed by atoms with E-state index in [9.17, 15) is 4.79 Å². The summed E-state index contributed by atoms with van der Waals surface area (Å²) >= 11 is 0. The summed E-state index contributed by atoms with van der Waals surface area (Å²) in [5.74, 6) is 2.33. The number of ether oxygens (including phenoxy) is 3. The Morgan fingerprint density at radius 2 is 2.08 bits per heavy atom. The minimum absolute atomic E-state index is 0.115. The van der Waals surface area contributed by atoms with Gasteiger partial charge in [-0.3, -0.25) is 4.79 Å². The van der Waals surface area contributed by atoms with Crippen LogP contribution in [0.15, 0.2) is 47.0 Å². The van der Waals surface area contributed by atoms with E-state index in [1.165, 1.54) is 0 Å². The van der Waals surface area contributed by atoms with Crippen molar-refractivity contribution < 1.29 is 23.5 Å². The molecule has 1 aliphatic rings. The Kier molecular flexibility index (Phi) is 4.14. The summed E-state index contributed by atoms with van der Waals surface area (Å²) < 4.78 is 20.9. The van der Waals surface area contributed by atoms with Crippen molar-refractivity contribution in [3.63, 3.8) is 0 Å². The standard InChI is InChI=1S/C18H15N3O5/c1-23-13-4-2-3-11(7-13)17-20-16(26-21-17)9-19-18(22)12-5-6-14-15(8-12)25-10-24-14/h2-8H,9-10H2,1H3,(H,19,22). The van der Waals surface area contributed by atoms with Crippen LogP contribution in [0.2, 0.25) is 0 Å². The molecule has 2 heterocycles. The van der Waals surface area contributed by atoms with Crippen molar-refractivity contribution in [2.75, 3.05) is 13.9 Å². The van der Waals surface area contributed by atoms with E-state index in [1.807, 2.05) is 18.2 Å². The SMILES string of the molecule is COc1cccc(-c2noc(CNC(=O)c3ccc4c(c3)OCO4)n2)c1. The van der Waals surface area contributed by atoms with E-state index >= 15 is 0 Å². The van der Waals surface area contributed by atoms with E-state index in [4.69, 9.17) is 18.7 Å². The monoisotopic (exact) mass is 353 g/mol. The van der Waals surface area contributed by atoms with E-state index < -0.39 is 0 Å². The number of amides is 1. The summed E-state index contributed by atoms with van der Waals surface area (Å²) in [7, 11) is 1.59. The number of methoxy groups -OCH3 is 1. The largest absolute Gasteiger partial charge is 0.497 e. The first kappa shape index (κ1) is 15.9. The molecule has 1 amide bonds. The molecule has 0 radical (unpaired) electrons. The Balaban J connectivity index is 1.42. The van der Waals surface area contributed by atoms with Crippen LogP contribution in [0.1, 0.15) is 16.2 Å². The molecule has 0 saturated carbocycles. The molecule has 1 N–H and O–H groups in total. The second-order valence-electron chi connectivity index (χ2n) is 5.49. The maximum atomic E-state index is 12.3. The quantitative estimate of drug-likeness (QED) is 0.752. The van der Waals surface area contributed by atoms with Crippen molar-refractivity contribution in [2.24, 2.45) is 0 Å². The summed E-state index contributed by atoms with van der Waals surface area (Å²) in [6.45, 7) is 0.277. The number of carbonyl (C=O) groups excluding carboxylic acids is 1. The second-order valence-corrected chi connectivity index (χ2v) is 5.49. The van der Waals surface area contributed by atoms with Gasteiger partial charge in [0, 0.05) is 11.1 Å². The summed E-state index contributed by atoms with van der Waals surface area (Å²) in [5.41, 5.74) is 1.23. The summed E-state index contributed by atoms with van der Waals surface area (Å²) in [4.78, 5) is 16.6. The molecule has 0 bridgehead atoms. The molecule has 1 aliphatic heterocycles. The van der Waals surface area contributed by atoms with Gasteiger partial charge in [0.25, 0.3) is 5.91 Å². The fourth-order valence-corrected chi connectivity index (χ4v) is 2.50. The van der Waals surface area contributed by atoms with Gasteiger partial charge in [0.05, 0.1) is 13.7 Å². The first-order chi connectivity index (χ1) is 12.7. The molecule has 26 heavy (non-hydrogen) atoms. The fourth-order valence-electron chi connectivity index (χ4n) is 2.50. The van der Waals surface area contributed by atoms with Crippen molar-refractivity contribution in [3.05, 3.63) is 53.9 Å². The van der Waals surface area contributed by atoms with Crippen molar-refractivity contribution >= 4 is 5.91 Å². The molecule has 1 aromatic heterocycles. The molecule has 132 valence electrons. The third-order valence-corrected chi connectivity index (χ3v) is 3.83. The van der Waals surface area contributed by atoms with Gasteiger partial charge in [-0.25, -0.2) is 0 Å². The Bertz CT molecular complexity index is 954. The average Bonchev–Trinajstić information content (AvgIpc) is 3.34. The summed E-state index contributed by atoms with van der Waals surface area (Å²) in [5, 5.41) is 6.67. The topological polar surface area (TPSA) is 95.7 Å². The number of fused-ring (bicyclic) bond motifs is 1. The zero-order valence-electron chi connectivity index (χ0n) is 13.9. The van der Waals surface area contributed by atoms with E-state index in [0.29, 0.717) is 34.5 Å². The van der Waals surface area contributed by atoms with E-state index in [1.54, 1.807) is 31.4 Å². The first-order valence-corrected chi connectivity index (χ1v) is 7.88. The van der Waals surface area contributed by atoms with E-state index in [2.05, 4.69) is 15.5 Å². The highest BCUT2D eigenvalue weighted by Crippen LogP contribution is 2.32. The van der Waals surface area contributed by atoms with Gasteiger partial charge in [-0.2, -0.15) is 4.98 Å². The lowest BCUT2D eigenvalue weighted by Crippen LogP contribution is -2.22. The predicted octanol–water partition coefficient (Wildman–Crippen LogP) is 2.40. The molecule has 0 fully saturated rings. The predicted molar refractivity (Wildman–Crippen MR) is 90.0 cm³/mol. The van der Waals surface area contributed by atoms with Crippen LogP contribution in [0.5, 0.6) is 17.2 Å². The van der Waals surface area contributed by atoms with Crippen molar-refractivity contribution in [2.45, 2.75) is 6.54 Å². The molecular formula is C18H15N3O5. The van der Waals surface area contributed by atoms with Gasteiger partial charge in [0.1, 0.15) is 5.75 Å². The van der Waals surface area contributed by atoms with Gasteiger partial charge in [-0.15, -0.1) is 0 Å². The van der Waals surface area contributed by atoms with Gasteiger partial charge in [-0.1, -0.05) is 17.3 Å². The number of nitrogens with zero attached hydrogens (tertiary/aromatic N) is 2. The lowest BCUT2D eigenvalue weighted by atomic mass is 10.2. The zero-order valence-corrected chi connectivity index (χ0v) is 13.9. The lowest BCUT2D eigenvalue weighted by Gasteiger charge is -2.03. The van der Waals surface area contributed by atoms with Crippen LogP contribution >= 0.6 is 0 Å². The second kappa shape index (κ2) is 6.75. The molecule has 8 heteroatoms. The molecular weight excluding hydrogens is 338 g/mol. The van der Waals surface area contributed by atoms with Gasteiger partial charge in [-0.05, 0) is 30.3 Å². The molecule has 4 rings (SSSR count). The van der Waals surface area contributed by atoms with Crippen LogP contribution in [0.25, 0.3) is 11.4 Å². The van der Waals surface area contributed by atoms with Gasteiger partial charge < -0.3 is 24.1 Å². The summed E-state index contributed by atoms with van der Waals surface area (Å²) in [6, 6.07) is 12.3. The number of benzene rings is 2. The normalized spacial score (nSPS) is 12.0. The van der Waals surface area contributed by atoms with Gasteiger partial charge in [0.2, 0.25) is 18.5 Å². The van der Waals surface area contributed by atoms with Crippen LogP contribution in [0.4, 0.5) is 0 Å². The zero-order chi connectivity index (χ0) is 17.9. The highest BCUT2D eigenvalue weighted by Gasteiger charge is 2.17.